The molecule has 182 valence electrons. The summed E-state index contributed by atoms with van der Waals surface area (Å²) in [5, 5.41) is 4.67. The average Bonchev–Trinajstić information content (AvgIpc) is 3.28. The summed E-state index contributed by atoms with van der Waals surface area (Å²) < 4.78 is 41.9. The Morgan fingerprint density at radius 2 is 1.94 bits per heavy atom. The van der Waals surface area contributed by atoms with Gasteiger partial charge in [-0.2, -0.15) is 18.3 Å². The Hall–Kier alpha value is -2.82. The second-order valence-electron chi connectivity index (χ2n) is 8.81. The molecule has 35 heavy (non-hydrogen) atoms. The summed E-state index contributed by atoms with van der Waals surface area (Å²) in [4.78, 5) is 26.7. The molecule has 0 radical (unpaired) electrons. The molecule has 2 aromatic carbocycles. The predicted molar refractivity (Wildman–Crippen MR) is 129 cm³/mol. The number of thioether (sulfide) groups is 1. The number of amides is 2. The van der Waals surface area contributed by atoms with Crippen LogP contribution in [0.4, 0.5) is 18.0 Å². The number of benzene rings is 2. The van der Waals surface area contributed by atoms with E-state index in [2.05, 4.69) is 5.10 Å². The molecule has 0 unspecified atom stereocenters. The zero-order valence-electron chi connectivity index (χ0n) is 18.3. The molecule has 11 heteroatoms. The molecule has 3 aromatic rings. The van der Waals surface area contributed by atoms with Gasteiger partial charge in [0.05, 0.1) is 28.7 Å². The monoisotopic (exact) mass is 520 g/mol. The van der Waals surface area contributed by atoms with Crippen LogP contribution in [0, 0.1) is 5.92 Å². The van der Waals surface area contributed by atoms with Gasteiger partial charge in [-0.15, -0.1) is 0 Å². The van der Waals surface area contributed by atoms with Crippen molar-refractivity contribution < 1.29 is 22.8 Å². The largest absolute Gasteiger partial charge is 0.416 e. The van der Waals surface area contributed by atoms with Crippen molar-refractivity contribution in [1.82, 2.24) is 14.7 Å². The summed E-state index contributed by atoms with van der Waals surface area (Å²) in [7, 11) is 0. The molecule has 6 nitrogen and oxygen atoms in total. The van der Waals surface area contributed by atoms with E-state index in [1.54, 1.807) is 30.5 Å². The van der Waals surface area contributed by atoms with Gasteiger partial charge < -0.3 is 5.73 Å². The number of carbonyl (C=O) groups is 2. The van der Waals surface area contributed by atoms with E-state index in [0.717, 1.165) is 30.7 Å². The zero-order chi connectivity index (χ0) is 24.9. The highest BCUT2D eigenvalue weighted by Crippen LogP contribution is 2.37. The smallest absolute Gasteiger partial charge is 0.328 e. The molecule has 2 N–H and O–H groups in total. The first kappa shape index (κ1) is 23.9. The lowest BCUT2D eigenvalue weighted by Crippen LogP contribution is -2.44. The molecule has 1 aliphatic heterocycles. The van der Waals surface area contributed by atoms with Crippen LogP contribution >= 0.6 is 23.4 Å². The van der Waals surface area contributed by atoms with Crippen molar-refractivity contribution in [3.63, 3.8) is 0 Å². The van der Waals surface area contributed by atoms with Crippen molar-refractivity contribution in [2.24, 2.45) is 11.7 Å². The fourth-order valence-electron chi connectivity index (χ4n) is 4.44. The number of aromatic nitrogens is 2. The number of rotatable bonds is 5. The van der Waals surface area contributed by atoms with E-state index >= 15 is 0 Å². The predicted octanol–water partition coefficient (Wildman–Crippen LogP) is 5.53. The van der Waals surface area contributed by atoms with Crippen molar-refractivity contribution in [3.05, 3.63) is 69.2 Å². The fourth-order valence-corrected chi connectivity index (χ4v) is 5.46. The number of hydrogen-bond donors (Lipinski definition) is 1. The lowest BCUT2D eigenvalue weighted by atomic mass is 9.80. The summed E-state index contributed by atoms with van der Waals surface area (Å²) in [6.45, 7) is 0.296. The van der Waals surface area contributed by atoms with Crippen LogP contribution in [-0.4, -0.2) is 38.4 Å². The third kappa shape index (κ3) is 4.82. The summed E-state index contributed by atoms with van der Waals surface area (Å²) in [6.07, 6.45) is 0.282. The van der Waals surface area contributed by atoms with Crippen LogP contribution in [0.2, 0.25) is 5.02 Å². The van der Waals surface area contributed by atoms with Gasteiger partial charge in [0.1, 0.15) is 0 Å². The second-order valence-corrected chi connectivity index (χ2v) is 10.2. The minimum absolute atomic E-state index is 0.0108. The minimum atomic E-state index is -4.54. The number of alkyl halides is 3. The Bertz CT molecular complexity index is 1360. The van der Waals surface area contributed by atoms with Gasteiger partial charge in [0, 0.05) is 23.0 Å². The normalized spacial score (nSPS) is 21.9. The summed E-state index contributed by atoms with van der Waals surface area (Å²) in [5.74, 6) is -0.0720. The molecule has 1 saturated carbocycles. The molecule has 5 rings (SSSR count). The lowest BCUT2D eigenvalue weighted by molar-refractivity contribution is -0.138. The highest BCUT2D eigenvalue weighted by Gasteiger charge is 2.39. The third-order valence-corrected chi connectivity index (χ3v) is 7.39. The topological polar surface area (TPSA) is 81.2 Å². The molecule has 2 fully saturated rings. The number of nitrogens with two attached hydrogens (primary N) is 1. The summed E-state index contributed by atoms with van der Waals surface area (Å²) in [5.41, 5.74) is 6.38. The second kappa shape index (κ2) is 9.00. The van der Waals surface area contributed by atoms with Gasteiger partial charge in [0.2, 0.25) is 0 Å². The maximum atomic E-state index is 13.5. The lowest BCUT2D eigenvalue weighted by Gasteiger charge is -2.34. The van der Waals surface area contributed by atoms with Crippen LogP contribution in [0.25, 0.3) is 17.0 Å². The van der Waals surface area contributed by atoms with Crippen molar-refractivity contribution in [2.45, 2.75) is 31.6 Å². The molecule has 1 aliphatic carbocycles. The zero-order valence-corrected chi connectivity index (χ0v) is 19.8. The molecular formula is C24H20ClF3N4O2S. The average molecular weight is 521 g/mol. The molecule has 0 bridgehead atoms. The highest BCUT2D eigenvalue weighted by atomic mass is 35.5. The molecule has 0 atom stereocenters. The Morgan fingerprint density at radius 1 is 1.17 bits per heavy atom. The molecule has 1 saturated heterocycles. The first-order chi connectivity index (χ1) is 16.6. The van der Waals surface area contributed by atoms with Crippen LogP contribution in [0.5, 0.6) is 0 Å². The summed E-state index contributed by atoms with van der Waals surface area (Å²) in [6, 6.07) is 9.08. The fraction of sp³-hybridized carbons (Fsp3) is 0.292. The maximum Gasteiger partial charge on any atom is 0.416 e. The molecule has 0 spiro atoms. The van der Waals surface area contributed by atoms with Crippen LogP contribution < -0.4 is 5.73 Å². The molecule has 1 aromatic heterocycles. The van der Waals surface area contributed by atoms with Gasteiger partial charge in [-0.1, -0.05) is 23.7 Å². The van der Waals surface area contributed by atoms with E-state index in [9.17, 15) is 22.8 Å². The Morgan fingerprint density at radius 3 is 2.66 bits per heavy atom. The van der Waals surface area contributed by atoms with Crippen molar-refractivity contribution in [2.75, 3.05) is 6.54 Å². The number of carbonyl (C=O) groups excluding carboxylic acids is 2. The number of halogens is 4. The van der Waals surface area contributed by atoms with E-state index in [4.69, 9.17) is 17.3 Å². The maximum absolute atomic E-state index is 13.5. The van der Waals surface area contributed by atoms with Crippen LogP contribution in [-0.2, 0) is 17.5 Å². The van der Waals surface area contributed by atoms with Gasteiger partial charge in [-0.25, -0.2) is 0 Å². The van der Waals surface area contributed by atoms with Crippen molar-refractivity contribution >= 4 is 51.5 Å². The van der Waals surface area contributed by atoms with Crippen LogP contribution in [0.1, 0.15) is 29.5 Å². The van der Waals surface area contributed by atoms with Gasteiger partial charge in [-0.05, 0) is 72.0 Å². The standard InChI is InChI=1S/C24H20ClF3N4O2S/c25-17-3-2-15(19(9-17)24(26,27)28)12-32-20-4-1-13(5-16(20)10-30-32)8-21-22(33)31(23(34)35-21)11-14-6-18(29)7-14/h1-5,8-10,14,18H,6-7,11-12,29H2. The van der Waals surface area contributed by atoms with E-state index in [1.165, 1.54) is 21.7 Å². The number of fused-ring (bicyclic) bond motifs is 1. The van der Waals surface area contributed by atoms with Crippen molar-refractivity contribution in [1.29, 1.82) is 0 Å². The number of imide groups is 1. The van der Waals surface area contributed by atoms with Gasteiger partial charge >= 0.3 is 6.18 Å². The molecule has 2 aliphatic rings. The van der Waals surface area contributed by atoms with E-state index in [-0.39, 0.29) is 40.2 Å². The molecule has 2 amide bonds. The third-order valence-electron chi connectivity index (χ3n) is 6.25. The van der Waals surface area contributed by atoms with Gasteiger partial charge in [0.25, 0.3) is 11.1 Å². The van der Waals surface area contributed by atoms with Crippen LogP contribution in [0.15, 0.2) is 47.5 Å². The summed E-state index contributed by atoms with van der Waals surface area (Å²) >= 11 is 6.67. The Balaban J connectivity index is 1.37. The van der Waals surface area contributed by atoms with E-state index < -0.39 is 11.7 Å². The molecular weight excluding hydrogens is 501 g/mol. The SMILES string of the molecule is NC1CC(CN2C(=O)SC(=Cc3ccc4c(cnn4Cc4ccc(Cl)cc4C(F)(F)F)c3)C2=O)C1. The number of hydrogen-bond acceptors (Lipinski definition) is 5. The van der Waals surface area contributed by atoms with E-state index in [1.807, 2.05) is 0 Å². The first-order valence-electron chi connectivity index (χ1n) is 10.9. The molecule has 2 heterocycles. The number of nitrogens with zero attached hydrogens (tertiary/aromatic N) is 3. The Labute approximate surface area is 207 Å². The van der Waals surface area contributed by atoms with E-state index in [0.29, 0.717) is 27.9 Å². The minimum Gasteiger partial charge on any atom is -0.328 e. The first-order valence-corrected chi connectivity index (χ1v) is 12.1. The highest BCUT2D eigenvalue weighted by molar-refractivity contribution is 8.18. The van der Waals surface area contributed by atoms with Gasteiger partial charge in [0.15, 0.2) is 0 Å². The van der Waals surface area contributed by atoms with Gasteiger partial charge in [-0.3, -0.25) is 19.2 Å². The van der Waals surface area contributed by atoms with Crippen molar-refractivity contribution in [3.8, 4) is 0 Å². The van der Waals surface area contributed by atoms with Crippen LogP contribution in [0.3, 0.4) is 0 Å². The Kier molecular flexibility index (Phi) is 6.14. The quantitative estimate of drug-likeness (QED) is 0.447.